The first-order valence-corrected chi connectivity index (χ1v) is 9.29. The number of nitro benzene ring substituents is 1. The van der Waals surface area contributed by atoms with Crippen molar-refractivity contribution in [2.45, 2.75) is 16.4 Å². The third-order valence-corrected chi connectivity index (χ3v) is 6.46. The predicted octanol–water partition coefficient (Wildman–Crippen LogP) is 0.705. The lowest BCUT2D eigenvalue weighted by Gasteiger charge is -2.13. The molecule has 1 aromatic carbocycles. The Kier molecular flexibility index (Phi) is 4.24. The Labute approximate surface area is 125 Å². The Morgan fingerprint density at radius 3 is 2.52 bits per heavy atom. The third kappa shape index (κ3) is 3.70. The van der Waals surface area contributed by atoms with Gasteiger partial charge >= 0.3 is 0 Å². The fraction of sp³-hybridized carbons (Fsp3) is 0.400. The van der Waals surface area contributed by atoms with Gasteiger partial charge in [0.25, 0.3) is 15.8 Å². The number of non-ortho nitro benzene ring substituents is 1. The lowest BCUT2D eigenvalue weighted by molar-refractivity contribution is -0.385. The van der Waals surface area contributed by atoms with Gasteiger partial charge < -0.3 is 0 Å². The first kappa shape index (κ1) is 16.1. The summed E-state index contributed by atoms with van der Waals surface area (Å²) < 4.78 is 51.6. The number of benzene rings is 1. The molecule has 0 aliphatic carbocycles. The van der Waals surface area contributed by atoms with Gasteiger partial charge in [-0.05, 0) is 6.07 Å². The summed E-state index contributed by atoms with van der Waals surface area (Å²) in [4.78, 5) is 9.46. The second kappa shape index (κ2) is 5.52. The van der Waals surface area contributed by atoms with Crippen LogP contribution in [-0.4, -0.2) is 44.7 Å². The molecule has 8 nitrogen and oxygen atoms in total. The normalized spacial score (nSPS) is 24.8. The third-order valence-electron chi connectivity index (χ3n) is 2.80. The van der Waals surface area contributed by atoms with Crippen molar-refractivity contribution in [3.63, 3.8) is 0 Å². The fourth-order valence-electron chi connectivity index (χ4n) is 1.83. The van der Waals surface area contributed by atoms with Crippen molar-refractivity contribution in [3.8, 4) is 0 Å². The van der Waals surface area contributed by atoms with Crippen LogP contribution >= 0.6 is 11.6 Å². The quantitative estimate of drug-likeness (QED) is 0.337. The van der Waals surface area contributed by atoms with Gasteiger partial charge in [0, 0.05) is 12.1 Å². The SMILES string of the molecule is O=[N+]([O-])c1cccc(S(=O)(=O)O[C@@H]2CS(=O)(=O)C[C@@H]2Cl)c1. The molecule has 0 radical (unpaired) electrons. The standard InChI is InChI=1S/C10H10ClNO7S2/c11-9-5-20(15,16)6-10(9)19-21(17,18)8-3-1-2-7(4-8)12(13)14/h1-4,9-10H,5-6H2/t9-,10+/m0/s1. The molecule has 0 amide bonds. The molecule has 0 aromatic heterocycles. The number of hydrogen-bond acceptors (Lipinski definition) is 7. The van der Waals surface area contributed by atoms with Gasteiger partial charge in [0.2, 0.25) is 0 Å². The number of sulfone groups is 1. The van der Waals surface area contributed by atoms with E-state index >= 15 is 0 Å². The van der Waals surface area contributed by atoms with E-state index in [9.17, 15) is 26.9 Å². The van der Waals surface area contributed by atoms with Gasteiger partial charge in [-0.2, -0.15) is 8.42 Å². The van der Waals surface area contributed by atoms with E-state index in [1.54, 1.807) is 0 Å². The maximum atomic E-state index is 12.0. The molecule has 1 saturated heterocycles. The van der Waals surface area contributed by atoms with Gasteiger partial charge in [0.15, 0.2) is 9.84 Å². The van der Waals surface area contributed by atoms with E-state index in [1.807, 2.05) is 0 Å². The smallest absolute Gasteiger partial charge is 0.260 e. The highest BCUT2D eigenvalue weighted by Crippen LogP contribution is 2.26. The van der Waals surface area contributed by atoms with E-state index in [2.05, 4.69) is 0 Å². The first-order valence-electron chi connectivity index (χ1n) is 5.63. The fourth-order valence-corrected chi connectivity index (χ4v) is 5.59. The van der Waals surface area contributed by atoms with Crippen LogP contribution in [0.25, 0.3) is 0 Å². The van der Waals surface area contributed by atoms with Crippen LogP contribution in [0.1, 0.15) is 0 Å². The van der Waals surface area contributed by atoms with Crippen LogP contribution in [0.2, 0.25) is 0 Å². The zero-order chi connectivity index (χ0) is 15.8. The Hall–Kier alpha value is -1.23. The monoisotopic (exact) mass is 355 g/mol. The molecule has 1 fully saturated rings. The first-order chi connectivity index (χ1) is 9.61. The number of rotatable bonds is 4. The molecule has 1 aromatic rings. The Morgan fingerprint density at radius 1 is 1.33 bits per heavy atom. The van der Waals surface area contributed by atoms with Gasteiger partial charge in [-0.25, -0.2) is 8.42 Å². The highest BCUT2D eigenvalue weighted by Gasteiger charge is 2.40. The summed E-state index contributed by atoms with van der Waals surface area (Å²) in [6, 6.07) is 4.28. The second-order valence-corrected chi connectivity index (χ2v) is 8.72. The van der Waals surface area contributed by atoms with Crippen LogP contribution in [0.4, 0.5) is 5.69 Å². The Balaban J connectivity index is 2.27. The number of nitro groups is 1. The number of halogens is 1. The van der Waals surface area contributed by atoms with Crippen molar-refractivity contribution >= 4 is 37.2 Å². The molecular formula is C10H10ClNO7S2. The maximum absolute atomic E-state index is 12.0. The molecule has 116 valence electrons. The Morgan fingerprint density at radius 2 is 2.00 bits per heavy atom. The minimum Gasteiger partial charge on any atom is -0.260 e. The van der Waals surface area contributed by atoms with E-state index in [-0.39, 0.29) is 5.75 Å². The molecule has 0 spiro atoms. The van der Waals surface area contributed by atoms with E-state index in [1.165, 1.54) is 6.07 Å². The minimum absolute atomic E-state index is 0.371. The molecule has 11 heteroatoms. The average Bonchev–Trinajstić information content (AvgIpc) is 2.61. The van der Waals surface area contributed by atoms with Gasteiger partial charge in [-0.3, -0.25) is 14.3 Å². The average molecular weight is 356 g/mol. The lowest BCUT2D eigenvalue weighted by Crippen LogP contribution is -2.26. The summed E-state index contributed by atoms with van der Waals surface area (Å²) in [5, 5.41) is 9.65. The van der Waals surface area contributed by atoms with Crippen LogP contribution < -0.4 is 0 Å². The van der Waals surface area contributed by atoms with Gasteiger partial charge in [-0.1, -0.05) is 6.07 Å². The summed E-state index contributed by atoms with van der Waals surface area (Å²) in [5.74, 6) is -0.876. The van der Waals surface area contributed by atoms with Crippen LogP contribution in [0, 0.1) is 10.1 Å². The van der Waals surface area contributed by atoms with Crippen LogP contribution in [-0.2, 0) is 24.1 Å². The van der Waals surface area contributed by atoms with Gasteiger partial charge in [-0.15, -0.1) is 11.6 Å². The van der Waals surface area contributed by atoms with Crippen molar-refractivity contribution in [1.29, 1.82) is 0 Å². The van der Waals surface area contributed by atoms with E-state index in [4.69, 9.17) is 15.8 Å². The molecule has 21 heavy (non-hydrogen) atoms. The van der Waals surface area contributed by atoms with Crippen LogP contribution in [0.5, 0.6) is 0 Å². The van der Waals surface area contributed by atoms with Crippen molar-refractivity contribution in [2.24, 2.45) is 0 Å². The van der Waals surface area contributed by atoms with Crippen molar-refractivity contribution in [3.05, 3.63) is 34.4 Å². The topological polar surface area (TPSA) is 121 Å². The van der Waals surface area contributed by atoms with Crippen molar-refractivity contribution < 1.29 is 25.9 Å². The molecule has 0 unspecified atom stereocenters. The highest BCUT2D eigenvalue weighted by atomic mass is 35.5. The van der Waals surface area contributed by atoms with Gasteiger partial charge in [0.05, 0.1) is 21.8 Å². The molecule has 1 aliphatic heterocycles. The van der Waals surface area contributed by atoms with E-state index < -0.39 is 52.7 Å². The van der Waals surface area contributed by atoms with E-state index in [0.717, 1.165) is 18.2 Å². The predicted molar refractivity (Wildman–Crippen MR) is 73.5 cm³/mol. The summed E-state index contributed by atoms with van der Waals surface area (Å²) >= 11 is 5.76. The molecule has 1 heterocycles. The molecule has 2 rings (SSSR count). The summed E-state index contributed by atoms with van der Waals surface area (Å²) in [6.45, 7) is 0. The van der Waals surface area contributed by atoms with Crippen LogP contribution in [0.15, 0.2) is 29.2 Å². The summed E-state index contributed by atoms with van der Waals surface area (Å²) in [6.07, 6.45) is -1.21. The zero-order valence-corrected chi connectivity index (χ0v) is 12.8. The molecule has 1 aliphatic rings. The molecule has 2 atom stereocenters. The second-order valence-electron chi connectivity index (χ2n) is 4.44. The molecule has 0 N–H and O–H groups in total. The van der Waals surface area contributed by atoms with Crippen molar-refractivity contribution in [1.82, 2.24) is 0 Å². The minimum atomic E-state index is -4.34. The molecule has 0 saturated carbocycles. The summed E-state index contributed by atoms with van der Waals surface area (Å²) in [5.41, 5.74) is -0.416. The number of alkyl halides is 1. The zero-order valence-electron chi connectivity index (χ0n) is 10.4. The molecule has 0 bridgehead atoms. The lowest BCUT2D eigenvalue weighted by atomic mass is 10.3. The van der Waals surface area contributed by atoms with E-state index in [0.29, 0.717) is 0 Å². The number of hydrogen-bond donors (Lipinski definition) is 0. The van der Waals surface area contributed by atoms with Gasteiger partial charge in [0.1, 0.15) is 11.0 Å². The van der Waals surface area contributed by atoms with Crippen LogP contribution in [0.3, 0.4) is 0 Å². The maximum Gasteiger partial charge on any atom is 0.297 e. The molecular weight excluding hydrogens is 346 g/mol. The Bertz CT molecular complexity index is 774. The largest absolute Gasteiger partial charge is 0.297 e. The highest BCUT2D eigenvalue weighted by molar-refractivity contribution is 7.92. The van der Waals surface area contributed by atoms with Crippen molar-refractivity contribution in [2.75, 3.05) is 11.5 Å². The summed E-state index contributed by atoms with van der Waals surface area (Å²) in [7, 11) is -7.79. The number of nitrogens with zero attached hydrogens (tertiary/aromatic N) is 1.